The number of halogens is 2. The molecule has 1 atom stereocenters. The van der Waals surface area contributed by atoms with Crippen LogP contribution in [0.3, 0.4) is 0 Å². The fourth-order valence-electron chi connectivity index (χ4n) is 4.47. The van der Waals surface area contributed by atoms with Crippen LogP contribution in [0.15, 0.2) is 38.6 Å². The fourth-order valence-corrected chi connectivity index (χ4v) is 4.47. The minimum absolute atomic E-state index is 0.0165. The molecule has 29 heavy (non-hydrogen) atoms. The van der Waals surface area contributed by atoms with Crippen LogP contribution in [0, 0.1) is 18.6 Å². The predicted molar refractivity (Wildman–Crippen MR) is 104 cm³/mol. The molecule has 2 aliphatic rings. The molecule has 0 fully saturated rings. The summed E-state index contributed by atoms with van der Waals surface area (Å²) in [7, 11) is 0. The van der Waals surface area contributed by atoms with Gasteiger partial charge in [0.2, 0.25) is 0 Å². The van der Waals surface area contributed by atoms with Gasteiger partial charge in [-0.05, 0) is 61.6 Å². The van der Waals surface area contributed by atoms with Gasteiger partial charge in [-0.2, -0.15) is 5.10 Å². The van der Waals surface area contributed by atoms with Gasteiger partial charge in [0.05, 0.1) is 17.1 Å². The Bertz CT molecular complexity index is 1260. The zero-order chi connectivity index (χ0) is 20.3. The molecule has 7 heteroatoms. The lowest BCUT2D eigenvalue weighted by Gasteiger charge is -2.14. The van der Waals surface area contributed by atoms with Crippen molar-refractivity contribution in [3.63, 3.8) is 0 Å². The number of nitrogens with one attached hydrogen (secondary N) is 1. The molecule has 0 amide bonds. The van der Waals surface area contributed by atoms with Crippen molar-refractivity contribution in [1.29, 1.82) is 0 Å². The highest BCUT2D eigenvalue weighted by Gasteiger charge is 2.29. The number of rotatable bonds is 2. The number of phenols is 1. The normalized spacial score (nSPS) is 18.0. The summed E-state index contributed by atoms with van der Waals surface area (Å²) >= 11 is 0. The van der Waals surface area contributed by atoms with Crippen LogP contribution in [0.25, 0.3) is 11.0 Å². The Hall–Kier alpha value is -3.22. The van der Waals surface area contributed by atoms with Crippen LogP contribution in [-0.2, 0) is 12.8 Å². The monoisotopic (exact) mass is 396 g/mol. The molecule has 2 N–H and O–H groups in total. The maximum Gasteiger partial charge on any atom is 0.339 e. The lowest BCUT2D eigenvalue weighted by molar-refractivity contribution is 0.476. The van der Waals surface area contributed by atoms with E-state index in [0.717, 1.165) is 30.2 Å². The Morgan fingerprint density at radius 1 is 1.21 bits per heavy atom. The third kappa shape index (κ3) is 2.72. The molecule has 0 saturated carbocycles. The molecule has 2 aromatic carbocycles. The van der Waals surface area contributed by atoms with Crippen molar-refractivity contribution in [3.05, 3.63) is 74.1 Å². The lowest BCUT2D eigenvalue weighted by Crippen LogP contribution is -2.12. The zero-order valence-corrected chi connectivity index (χ0v) is 15.7. The maximum atomic E-state index is 14.2. The molecule has 3 aromatic rings. The third-order valence-corrected chi connectivity index (χ3v) is 5.81. The van der Waals surface area contributed by atoms with Crippen molar-refractivity contribution >= 4 is 16.7 Å². The average molecular weight is 396 g/mol. The van der Waals surface area contributed by atoms with E-state index in [9.17, 15) is 18.7 Å². The van der Waals surface area contributed by atoms with Crippen molar-refractivity contribution in [1.82, 2.24) is 5.43 Å². The Morgan fingerprint density at radius 3 is 2.83 bits per heavy atom. The van der Waals surface area contributed by atoms with E-state index in [2.05, 4.69) is 10.5 Å². The zero-order valence-electron chi connectivity index (χ0n) is 15.7. The molecule has 0 spiro atoms. The Labute approximate surface area is 164 Å². The summed E-state index contributed by atoms with van der Waals surface area (Å²) in [6.07, 6.45) is 2.47. The first-order valence-corrected chi connectivity index (χ1v) is 9.52. The molecule has 148 valence electrons. The predicted octanol–water partition coefficient (Wildman–Crippen LogP) is 4.01. The van der Waals surface area contributed by atoms with Gasteiger partial charge in [0, 0.05) is 23.1 Å². The van der Waals surface area contributed by atoms with E-state index in [4.69, 9.17) is 4.42 Å². The highest BCUT2D eigenvalue weighted by Crippen LogP contribution is 2.39. The number of phenolic OH excluding ortho intramolecular Hbond substituents is 1. The molecule has 0 radical (unpaired) electrons. The summed E-state index contributed by atoms with van der Waals surface area (Å²) in [5, 5.41) is 15.9. The van der Waals surface area contributed by atoms with Crippen molar-refractivity contribution in [3.8, 4) is 5.75 Å². The van der Waals surface area contributed by atoms with E-state index < -0.39 is 17.7 Å². The van der Waals surface area contributed by atoms with Gasteiger partial charge >= 0.3 is 5.63 Å². The number of hydrogen-bond donors (Lipinski definition) is 2. The molecule has 1 aliphatic heterocycles. The van der Waals surface area contributed by atoms with Crippen molar-refractivity contribution in [2.75, 3.05) is 0 Å². The van der Waals surface area contributed by atoms with Crippen LogP contribution in [0.4, 0.5) is 8.78 Å². The summed E-state index contributed by atoms with van der Waals surface area (Å²) in [5.41, 5.74) is 6.27. The van der Waals surface area contributed by atoms with E-state index in [-0.39, 0.29) is 16.9 Å². The van der Waals surface area contributed by atoms with Gasteiger partial charge < -0.3 is 14.9 Å². The number of hydrogen-bond acceptors (Lipinski definition) is 5. The van der Waals surface area contributed by atoms with Crippen LogP contribution in [0.1, 0.15) is 46.7 Å². The number of nitrogens with zero attached hydrogens (tertiary/aromatic N) is 1. The smallest absolute Gasteiger partial charge is 0.339 e. The summed E-state index contributed by atoms with van der Waals surface area (Å²) < 4.78 is 33.2. The first kappa shape index (κ1) is 17.8. The first-order chi connectivity index (χ1) is 13.9. The SMILES string of the molecule is Cc1cc2oc(=O)c3c(c2c(O)c1C1=NN[C@H](c2cc(F)ccc2F)C1)CCC3. The largest absolute Gasteiger partial charge is 0.506 e. The molecule has 0 unspecified atom stereocenters. The average Bonchev–Trinajstić information content (AvgIpc) is 3.33. The van der Waals surface area contributed by atoms with Gasteiger partial charge in [-0.1, -0.05) is 0 Å². The van der Waals surface area contributed by atoms with E-state index >= 15 is 0 Å². The first-order valence-electron chi connectivity index (χ1n) is 9.52. The number of benzene rings is 2. The third-order valence-electron chi connectivity index (χ3n) is 5.81. The van der Waals surface area contributed by atoms with Gasteiger partial charge in [0.25, 0.3) is 0 Å². The second kappa shape index (κ2) is 6.40. The summed E-state index contributed by atoms with van der Waals surface area (Å²) in [4.78, 5) is 12.2. The molecule has 5 nitrogen and oxygen atoms in total. The maximum absolute atomic E-state index is 14.2. The van der Waals surface area contributed by atoms with E-state index in [0.29, 0.717) is 52.6 Å². The van der Waals surface area contributed by atoms with E-state index in [1.54, 1.807) is 13.0 Å². The van der Waals surface area contributed by atoms with Crippen LogP contribution in [0.2, 0.25) is 0 Å². The molecular formula is C22H18F2N2O3. The lowest BCUT2D eigenvalue weighted by atomic mass is 9.92. The van der Waals surface area contributed by atoms with Crippen molar-refractivity contribution in [2.45, 2.75) is 38.6 Å². The van der Waals surface area contributed by atoms with Crippen LogP contribution in [-0.4, -0.2) is 10.8 Å². The summed E-state index contributed by atoms with van der Waals surface area (Å²) in [5.74, 6) is -1.02. The van der Waals surface area contributed by atoms with Gasteiger partial charge in [0.15, 0.2) is 0 Å². The van der Waals surface area contributed by atoms with Crippen LogP contribution < -0.4 is 11.1 Å². The van der Waals surface area contributed by atoms with Gasteiger partial charge in [-0.25, -0.2) is 13.6 Å². The fraction of sp³-hybridized carbons (Fsp3) is 0.273. The number of hydrazone groups is 1. The van der Waals surface area contributed by atoms with Gasteiger partial charge in [-0.15, -0.1) is 0 Å². The molecule has 2 heterocycles. The second-order valence-corrected chi connectivity index (χ2v) is 7.60. The molecule has 0 bridgehead atoms. The Balaban J connectivity index is 1.60. The second-order valence-electron chi connectivity index (χ2n) is 7.60. The highest BCUT2D eigenvalue weighted by atomic mass is 19.1. The number of aryl methyl sites for hydroxylation is 2. The molecule has 5 rings (SSSR count). The quantitative estimate of drug-likeness (QED) is 0.642. The van der Waals surface area contributed by atoms with Crippen molar-refractivity contribution in [2.24, 2.45) is 5.10 Å². The van der Waals surface area contributed by atoms with Gasteiger partial charge in [0.1, 0.15) is 23.0 Å². The van der Waals surface area contributed by atoms with E-state index in [1.165, 1.54) is 0 Å². The standard InChI is InChI=1S/C22H18F2N2O3/c1-10-7-18-20(12-3-2-4-13(12)22(28)29-18)21(27)19(10)17-9-16(25-26-17)14-8-11(23)5-6-15(14)24/h5-8,16,25,27H,2-4,9H2,1H3/t16-/m0/s1. The topological polar surface area (TPSA) is 74.8 Å². The van der Waals surface area contributed by atoms with Crippen LogP contribution in [0.5, 0.6) is 5.75 Å². The minimum Gasteiger partial charge on any atom is -0.506 e. The summed E-state index contributed by atoms with van der Waals surface area (Å²) in [6.45, 7) is 1.79. The van der Waals surface area contributed by atoms with Crippen LogP contribution >= 0.6 is 0 Å². The number of fused-ring (bicyclic) bond motifs is 3. The molecule has 1 aromatic heterocycles. The summed E-state index contributed by atoms with van der Waals surface area (Å²) in [6, 6.07) is 4.51. The Kier molecular flexibility index (Phi) is 3.94. The molecule has 0 saturated heterocycles. The van der Waals surface area contributed by atoms with E-state index in [1.807, 2.05) is 0 Å². The number of aromatic hydroxyl groups is 1. The highest BCUT2D eigenvalue weighted by molar-refractivity contribution is 6.09. The molecule has 1 aliphatic carbocycles. The molecular weight excluding hydrogens is 378 g/mol. The van der Waals surface area contributed by atoms with Crippen molar-refractivity contribution < 1.29 is 18.3 Å². The van der Waals surface area contributed by atoms with Gasteiger partial charge in [-0.3, -0.25) is 0 Å². The minimum atomic E-state index is -0.533. The Morgan fingerprint density at radius 2 is 2.00 bits per heavy atom.